The summed E-state index contributed by atoms with van der Waals surface area (Å²) in [5.41, 5.74) is 5.87. The quantitative estimate of drug-likeness (QED) is 0.780. The van der Waals surface area contributed by atoms with Gasteiger partial charge in [0.15, 0.2) is 0 Å². The van der Waals surface area contributed by atoms with Gasteiger partial charge in [0.05, 0.1) is 5.54 Å². The van der Waals surface area contributed by atoms with Gasteiger partial charge in [-0.15, -0.1) is 0 Å². The molecule has 2 aliphatic rings. The Hall–Kier alpha value is -0.570. The van der Waals surface area contributed by atoms with Crippen LogP contribution in [0, 0.1) is 5.92 Å². The third-order valence-electron chi connectivity index (χ3n) is 4.89. The van der Waals surface area contributed by atoms with Crippen molar-refractivity contribution in [3.05, 3.63) is 0 Å². The fourth-order valence-corrected chi connectivity index (χ4v) is 3.86. The van der Waals surface area contributed by atoms with E-state index in [4.69, 9.17) is 5.73 Å². The number of hydrogen-bond acceptors (Lipinski definition) is 2. The van der Waals surface area contributed by atoms with E-state index in [1.165, 1.54) is 12.8 Å². The van der Waals surface area contributed by atoms with Crippen molar-refractivity contribution < 1.29 is 4.79 Å². The third kappa shape index (κ3) is 2.56. The summed E-state index contributed by atoms with van der Waals surface area (Å²) in [6.07, 6.45) is 7.54. The number of nitrogens with zero attached hydrogens (tertiary/aromatic N) is 1. The summed E-state index contributed by atoms with van der Waals surface area (Å²) in [5, 5.41) is 0. The van der Waals surface area contributed by atoms with E-state index in [0.717, 1.165) is 32.1 Å². The summed E-state index contributed by atoms with van der Waals surface area (Å²) in [6, 6.07) is 0.720. The molecule has 3 heteroatoms. The average Bonchev–Trinajstić information content (AvgIpc) is 2.28. The van der Waals surface area contributed by atoms with Gasteiger partial charge < -0.3 is 10.6 Å². The Bertz CT molecular complexity index is 308. The monoisotopic (exact) mass is 252 g/mol. The highest BCUT2D eigenvalue weighted by Crippen LogP contribution is 2.34. The van der Waals surface area contributed by atoms with Crippen LogP contribution in [0.1, 0.15) is 65.7 Å². The summed E-state index contributed by atoms with van der Waals surface area (Å²) in [5.74, 6) is 0.803. The van der Waals surface area contributed by atoms with Crippen LogP contribution in [0.15, 0.2) is 0 Å². The number of rotatable bonds is 1. The molecule has 0 aromatic carbocycles. The van der Waals surface area contributed by atoms with Crippen molar-refractivity contribution in [3.8, 4) is 0 Å². The Morgan fingerprint density at radius 2 is 1.72 bits per heavy atom. The lowest BCUT2D eigenvalue weighted by Gasteiger charge is -2.46. The van der Waals surface area contributed by atoms with Gasteiger partial charge >= 0.3 is 0 Å². The number of likely N-dealkylation sites (tertiary alicyclic amines) is 1. The maximum atomic E-state index is 12.8. The molecule has 3 nitrogen and oxygen atoms in total. The van der Waals surface area contributed by atoms with Crippen molar-refractivity contribution in [1.82, 2.24) is 4.90 Å². The second-order valence-electron chi connectivity index (χ2n) is 6.70. The lowest BCUT2D eigenvalue weighted by atomic mass is 9.75. The van der Waals surface area contributed by atoms with Gasteiger partial charge in [0.1, 0.15) is 0 Å². The predicted molar refractivity (Wildman–Crippen MR) is 74.2 cm³/mol. The maximum Gasteiger partial charge on any atom is 0.243 e. The highest BCUT2D eigenvalue weighted by atomic mass is 16.2. The first-order chi connectivity index (χ1) is 8.44. The van der Waals surface area contributed by atoms with Gasteiger partial charge in [-0.3, -0.25) is 4.79 Å². The minimum atomic E-state index is -0.586. The molecule has 0 bridgehead atoms. The van der Waals surface area contributed by atoms with Crippen LogP contribution >= 0.6 is 0 Å². The molecule has 0 aromatic rings. The zero-order valence-corrected chi connectivity index (χ0v) is 12.1. The van der Waals surface area contributed by atoms with Crippen molar-refractivity contribution in [3.63, 3.8) is 0 Å². The first-order valence-corrected chi connectivity index (χ1v) is 7.55. The molecule has 1 aliphatic carbocycles. The Kier molecular flexibility index (Phi) is 4.00. The molecule has 2 fully saturated rings. The molecule has 0 aromatic heterocycles. The van der Waals surface area contributed by atoms with Gasteiger partial charge in [-0.2, -0.15) is 0 Å². The van der Waals surface area contributed by atoms with E-state index in [1.54, 1.807) is 0 Å². The molecule has 0 radical (unpaired) electrons. The van der Waals surface area contributed by atoms with Gasteiger partial charge in [-0.1, -0.05) is 19.8 Å². The van der Waals surface area contributed by atoms with Crippen LogP contribution in [0.5, 0.6) is 0 Å². The van der Waals surface area contributed by atoms with Crippen molar-refractivity contribution in [1.29, 1.82) is 0 Å². The molecular weight excluding hydrogens is 224 g/mol. The number of piperidine rings is 1. The molecular formula is C15H28N2O. The minimum Gasteiger partial charge on any atom is -0.336 e. The van der Waals surface area contributed by atoms with Crippen LogP contribution in [0.3, 0.4) is 0 Å². The van der Waals surface area contributed by atoms with E-state index in [9.17, 15) is 4.79 Å². The van der Waals surface area contributed by atoms with Gasteiger partial charge in [0, 0.05) is 12.1 Å². The van der Waals surface area contributed by atoms with Crippen molar-refractivity contribution in [2.24, 2.45) is 11.7 Å². The highest BCUT2D eigenvalue weighted by molar-refractivity contribution is 5.87. The maximum absolute atomic E-state index is 12.8. The summed E-state index contributed by atoms with van der Waals surface area (Å²) >= 11 is 0. The Labute approximate surface area is 111 Å². The fourth-order valence-electron chi connectivity index (χ4n) is 3.86. The first-order valence-electron chi connectivity index (χ1n) is 7.55. The van der Waals surface area contributed by atoms with Gasteiger partial charge in [-0.25, -0.2) is 0 Å². The fraction of sp³-hybridized carbons (Fsp3) is 0.933. The minimum absolute atomic E-state index is 0.216. The second-order valence-corrected chi connectivity index (χ2v) is 6.70. The molecule has 2 unspecified atom stereocenters. The number of amides is 1. The standard InChI is InChI=1S/C15H28N2O/c1-11-6-5-9-15(16,10-11)14(18)17-12(2)7-4-8-13(17)3/h11-13H,4-10,16H2,1-3H3/t11?,12-,13+,15?. The van der Waals surface area contributed by atoms with E-state index in [-0.39, 0.29) is 5.91 Å². The van der Waals surface area contributed by atoms with Crippen LogP contribution in [0.4, 0.5) is 0 Å². The normalized spacial score (nSPS) is 41.8. The van der Waals surface area contributed by atoms with E-state index in [1.807, 2.05) is 0 Å². The molecule has 104 valence electrons. The van der Waals surface area contributed by atoms with Crippen LogP contribution in [0.2, 0.25) is 0 Å². The van der Waals surface area contributed by atoms with Crippen LogP contribution in [-0.2, 0) is 4.79 Å². The molecule has 4 atom stereocenters. The van der Waals surface area contributed by atoms with Crippen molar-refractivity contribution >= 4 is 5.91 Å². The largest absolute Gasteiger partial charge is 0.336 e. The molecule has 1 heterocycles. The lowest BCUT2D eigenvalue weighted by molar-refractivity contribution is -0.145. The van der Waals surface area contributed by atoms with Crippen LogP contribution < -0.4 is 5.73 Å². The predicted octanol–water partition coefficient (Wildman–Crippen LogP) is 2.68. The Balaban J connectivity index is 2.13. The summed E-state index contributed by atoms with van der Waals surface area (Å²) in [6.45, 7) is 6.56. The van der Waals surface area contributed by atoms with Crippen molar-refractivity contribution in [2.45, 2.75) is 83.3 Å². The smallest absolute Gasteiger partial charge is 0.243 e. The average molecular weight is 252 g/mol. The number of carbonyl (C=O) groups excluding carboxylic acids is 1. The topological polar surface area (TPSA) is 46.3 Å². The number of nitrogens with two attached hydrogens (primary N) is 1. The molecule has 1 saturated carbocycles. The number of carbonyl (C=O) groups is 1. The zero-order chi connectivity index (χ0) is 13.3. The van der Waals surface area contributed by atoms with E-state index in [0.29, 0.717) is 18.0 Å². The van der Waals surface area contributed by atoms with E-state index in [2.05, 4.69) is 25.7 Å². The molecule has 1 amide bonds. The molecule has 18 heavy (non-hydrogen) atoms. The Morgan fingerprint density at radius 3 is 2.28 bits per heavy atom. The SMILES string of the molecule is CC1CCCC(N)(C(=O)N2[C@H](C)CCC[C@@H]2C)C1. The van der Waals surface area contributed by atoms with Gasteiger partial charge in [0.2, 0.25) is 5.91 Å². The first kappa shape index (κ1) is 13.9. The highest BCUT2D eigenvalue weighted by Gasteiger charge is 2.43. The number of hydrogen-bond donors (Lipinski definition) is 1. The van der Waals surface area contributed by atoms with Crippen LogP contribution in [0.25, 0.3) is 0 Å². The molecule has 2 N–H and O–H groups in total. The summed E-state index contributed by atoms with van der Waals surface area (Å²) in [7, 11) is 0. The molecule has 2 rings (SSSR count). The lowest BCUT2D eigenvalue weighted by Crippen LogP contribution is -2.61. The molecule has 0 spiro atoms. The Morgan fingerprint density at radius 1 is 1.11 bits per heavy atom. The second kappa shape index (κ2) is 5.20. The van der Waals surface area contributed by atoms with Crippen LogP contribution in [-0.4, -0.2) is 28.4 Å². The van der Waals surface area contributed by atoms with Gasteiger partial charge in [-0.05, 0) is 51.9 Å². The molecule has 1 saturated heterocycles. The summed E-state index contributed by atoms with van der Waals surface area (Å²) in [4.78, 5) is 14.9. The summed E-state index contributed by atoms with van der Waals surface area (Å²) < 4.78 is 0. The third-order valence-corrected chi connectivity index (χ3v) is 4.89. The van der Waals surface area contributed by atoms with E-state index < -0.39 is 5.54 Å². The van der Waals surface area contributed by atoms with Gasteiger partial charge in [0.25, 0.3) is 0 Å². The zero-order valence-electron chi connectivity index (χ0n) is 12.1. The van der Waals surface area contributed by atoms with Crippen molar-refractivity contribution in [2.75, 3.05) is 0 Å². The molecule has 1 aliphatic heterocycles. The van der Waals surface area contributed by atoms with E-state index >= 15 is 0 Å².